The Bertz CT molecular complexity index is 522. The number of ether oxygens (including phenoxy) is 1. The second-order valence-electron chi connectivity index (χ2n) is 3.13. The van der Waals surface area contributed by atoms with E-state index in [2.05, 4.69) is 9.97 Å². The van der Waals surface area contributed by atoms with Gasteiger partial charge in [0.2, 0.25) is 0 Å². The van der Waals surface area contributed by atoms with Gasteiger partial charge >= 0.3 is 0 Å². The van der Waals surface area contributed by atoms with Gasteiger partial charge in [-0.25, -0.2) is 4.98 Å². The summed E-state index contributed by atoms with van der Waals surface area (Å²) in [7, 11) is 1.59. The van der Waals surface area contributed by atoms with Crippen LogP contribution >= 0.6 is 11.6 Å². The maximum absolute atomic E-state index is 10.6. The van der Waals surface area contributed by atoms with Gasteiger partial charge in [-0.15, -0.1) is 0 Å². The van der Waals surface area contributed by atoms with Gasteiger partial charge in [0.05, 0.1) is 7.11 Å². The summed E-state index contributed by atoms with van der Waals surface area (Å²) >= 11 is 5.79. The van der Waals surface area contributed by atoms with Crippen LogP contribution in [0.4, 0.5) is 0 Å². The lowest BCUT2D eigenvalue weighted by Gasteiger charge is -2.01. The number of hydrogen-bond donors (Lipinski definition) is 1. The Balaban J connectivity index is 2.45. The standard InChI is InChI=1S/C11H9ClN2O2/c1-16-8-4-2-3-7(5-8)11-13-9(6-15)10(12)14-11/h2-6H,1H3,(H,13,14). The highest BCUT2D eigenvalue weighted by Crippen LogP contribution is 2.23. The number of carbonyl (C=O) groups excluding carboxylic acids is 1. The molecule has 1 heterocycles. The smallest absolute Gasteiger partial charge is 0.171 e. The minimum atomic E-state index is 0.208. The number of carbonyl (C=O) groups is 1. The van der Waals surface area contributed by atoms with E-state index in [0.717, 1.165) is 11.3 Å². The SMILES string of the molecule is COc1cccc(-c2nc(C=O)c(Cl)[nH]2)c1. The molecule has 4 nitrogen and oxygen atoms in total. The van der Waals surface area contributed by atoms with E-state index in [4.69, 9.17) is 16.3 Å². The Morgan fingerprint density at radius 1 is 1.50 bits per heavy atom. The highest BCUT2D eigenvalue weighted by molar-refractivity contribution is 6.31. The molecule has 0 saturated carbocycles. The number of rotatable bonds is 3. The van der Waals surface area contributed by atoms with Crippen molar-refractivity contribution in [3.63, 3.8) is 0 Å². The number of nitrogens with one attached hydrogen (secondary N) is 1. The largest absolute Gasteiger partial charge is 0.497 e. The first-order valence-corrected chi connectivity index (χ1v) is 4.97. The highest BCUT2D eigenvalue weighted by Gasteiger charge is 2.09. The lowest BCUT2D eigenvalue weighted by molar-refractivity contribution is 0.111. The predicted octanol–water partition coefficient (Wildman–Crippen LogP) is 2.55. The molecular weight excluding hydrogens is 228 g/mol. The molecule has 0 amide bonds. The first kappa shape index (κ1) is 10.7. The van der Waals surface area contributed by atoms with Crippen LogP contribution in [-0.4, -0.2) is 23.4 Å². The van der Waals surface area contributed by atoms with Crippen LogP contribution in [0.15, 0.2) is 24.3 Å². The molecule has 1 N–H and O–H groups in total. The van der Waals surface area contributed by atoms with Crippen molar-refractivity contribution in [1.29, 1.82) is 0 Å². The fourth-order valence-corrected chi connectivity index (χ4v) is 1.53. The number of imidazole rings is 1. The minimum Gasteiger partial charge on any atom is -0.497 e. The summed E-state index contributed by atoms with van der Waals surface area (Å²) in [5.74, 6) is 1.27. The number of hydrogen-bond acceptors (Lipinski definition) is 3. The fraction of sp³-hybridized carbons (Fsp3) is 0.0909. The van der Waals surface area contributed by atoms with E-state index in [9.17, 15) is 4.79 Å². The number of methoxy groups -OCH3 is 1. The summed E-state index contributed by atoms with van der Waals surface area (Å²) in [5.41, 5.74) is 1.02. The van der Waals surface area contributed by atoms with E-state index in [-0.39, 0.29) is 10.8 Å². The van der Waals surface area contributed by atoms with Crippen molar-refractivity contribution in [2.75, 3.05) is 7.11 Å². The first-order valence-electron chi connectivity index (χ1n) is 4.59. The van der Waals surface area contributed by atoms with Gasteiger partial charge in [-0.2, -0.15) is 0 Å². The topological polar surface area (TPSA) is 55.0 Å². The van der Waals surface area contributed by atoms with Crippen LogP contribution in [0.1, 0.15) is 10.5 Å². The Kier molecular flexibility index (Phi) is 2.92. The van der Waals surface area contributed by atoms with Crippen molar-refractivity contribution >= 4 is 17.9 Å². The van der Waals surface area contributed by atoms with Crippen LogP contribution < -0.4 is 4.74 Å². The van der Waals surface area contributed by atoms with Gasteiger partial charge in [-0.05, 0) is 12.1 Å². The third-order valence-corrected chi connectivity index (χ3v) is 2.43. The van der Waals surface area contributed by atoms with E-state index in [0.29, 0.717) is 12.1 Å². The molecule has 0 unspecified atom stereocenters. The molecule has 0 bridgehead atoms. The number of nitrogens with zero attached hydrogens (tertiary/aromatic N) is 1. The highest BCUT2D eigenvalue weighted by atomic mass is 35.5. The van der Waals surface area contributed by atoms with Gasteiger partial charge in [-0.1, -0.05) is 23.7 Å². The Hall–Kier alpha value is -1.81. The van der Waals surface area contributed by atoms with Crippen LogP contribution in [0.5, 0.6) is 5.75 Å². The van der Waals surface area contributed by atoms with Crippen molar-refractivity contribution in [2.24, 2.45) is 0 Å². The average Bonchev–Trinajstić information content (AvgIpc) is 2.71. The lowest BCUT2D eigenvalue weighted by Crippen LogP contribution is -1.85. The second kappa shape index (κ2) is 4.37. The predicted molar refractivity (Wildman–Crippen MR) is 61.0 cm³/mol. The summed E-state index contributed by atoms with van der Waals surface area (Å²) in [6, 6.07) is 7.33. The summed E-state index contributed by atoms with van der Waals surface area (Å²) in [6.45, 7) is 0. The molecule has 0 aliphatic heterocycles. The number of H-pyrrole nitrogens is 1. The summed E-state index contributed by atoms with van der Waals surface area (Å²) in [5, 5.41) is 0.243. The zero-order valence-corrected chi connectivity index (χ0v) is 9.28. The first-order chi connectivity index (χ1) is 7.74. The van der Waals surface area contributed by atoms with Crippen molar-refractivity contribution in [3.05, 3.63) is 35.1 Å². The summed E-state index contributed by atoms with van der Waals surface area (Å²) < 4.78 is 5.10. The van der Waals surface area contributed by atoms with Crippen molar-refractivity contribution < 1.29 is 9.53 Å². The molecule has 2 rings (SSSR count). The summed E-state index contributed by atoms with van der Waals surface area (Å²) in [4.78, 5) is 17.5. The van der Waals surface area contributed by atoms with Crippen molar-refractivity contribution in [3.8, 4) is 17.1 Å². The second-order valence-corrected chi connectivity index (χ2v) is 3.51. The zero-order valence-electron chi connectivity index (χ0n) is 8.53. The number of aromatic nitrogens is 2. The van der Waals surface area contributed by atoms with Gasteiger partial charge in [0.15, 0.2) is 6.29 Å². The fourth-order valence-electron chi connectivity index (χ4n) is 1.35. The maximum Gasteiger partial charge on any atom is 0.171 e. The van der Waals surface area contributed by atoms with Gasteiger partial charge in [-0.3, -0.25) is 4.79 Å². The van der Waals surface area contributed by atoms with E-state index < -0.39 is 0 Å². The third kappa shape index (κ3) is 1.92. The van der Waals surface area contributed by atoms with Gasteiger partial charge in [0, 0.05) is 5.56 Å². The molecule has 1 aromatic carbocycles. The van der Waals surface area contributed by atoms with E-state index in [1.54, 1.807) is 7.11 Å². The molecule has 5 heteroatoms. The molecular formula is C11H9ClN2O2. The van der Waals surface area contributed by atoms with Crippen LogP contribution in [0.2, 0.25) is 5.15 Å². The van der Waals surface area contributed by atoms with E-state index in [1.165, 1.54) is 0 Å². The monoisotopic (exact) mass is 236 g/mol. The number of aldehydes is 1. The zero-order chi connectivity index (χ0) is 11.5. The lowest BCUT2D eigenvalue weighted by atomic mass is 10.2. The Morgan fingerprint density at radius 2 is 2.31 bits per heavy atom. The molecule has 2 aromatic rings. The molecule has 0 fully saturated rings. The van der Waals surface area contributed by atoms with Crippen LogP contribution in [0.25, 0.3) is 11.4 Å². The average molecular weight is 237 g/mol. The number of aromatic amines is 1. The number of halogens is 1. The molecule has 0 radical (unpaired) electrons. The molecule has 0 aliphatic rings. The van der Waals surface area contributed by atoms with Crippen molar-refractivity contribution in [2.45, 2.75) is 0 Å². The minimum absolute atomic E-state index is 0.208. The molecule has 0 saturated heterocycles. The normalized spacial score (nSPS) is 10.1. The maximum atomic E-state index is 10.6. The molecule has 1 aromatic heterocycles. The van der Waals surface area contributed by atoms with E-state index in [1.807, 2.05) is 24.3 Å². The van der Waals surface area contributed by atoms with Crippen LogP contribution in [-0.2, 0) is 0 Å². The molecule has 0 aliphatic carbocycles. The quantitative estimate of drug-likeness (QED) is 0.834. The Morgan fingerprint density at radius 3 is 2.94 bits per heavy atom. The van der Waals surface area contributed by atoms with Gasteiger partial charge in [0.25, 0.3) is 0 Å². The van der Waals surface area contributed by atoms with Crippen LogP contribution in [0, 0.1) is 0 Å². The Labute approximate surface area is 97.2 Å². The molecule has 16 heavy (non-hydrogen) atoms. The number of benzene rings is 1. The van der Waals surface area contributed by atoms with Crippen molar-refractivity contribution in [1.82, 2.24) is 9.97 Å². The van der Waals surface area contributed by atoms with Crippen LogP contribution in [0.3, 0.4) is 0 Å². The van der Waals surface area contributed by atoms with Gasteiger partial charge < -0.3 is 9.72 Å². The van der Waals surface area contributed by atoms with Gasteiger partial charge in [0.1, 0.15) is 22.4 Å². The van der Waals surface area contributed by atoms with E-state index >= 15 is 0 Å². The molecule has 82 valence electrons. The molecule has 0 atom stereocenters. The molecule has 0 spiro atoms. The third-order valence-electron chi connectivity index (χ3n) is 2.14. The summed E-state index contributed by atoms with van der Waals surface area (Å²) in [6.07, 6.45) is 0.614.